The van der Waals surface area contributed by atoms with Gasteiger partial charge in [-0.15, -0.1) is 11.8 Å². The van der Waals surface area contributed by atoms with Crippen LogP contribution < -0.4 is 5.32 Å². The van der Waals surface area contributed by atoms with Crippen molar-refractivity contribution in [1.82, 2.24) is 5.32 Å². The molecule has 1 atom stereocenters. The lowest BCUT2D eigenvalue weighted by Gasteiger charge is -2.18. The number of rotatable bonds is 5. The van der Waals surface area contributed by atoms with Crippen molar-refractivity contribution in [1.29, 1.82) is 0 Å². The first-order chi connectivity index (χ1) is 8.19. The minimum absolute atomic E-state index is 0.296. The van der Waals surface area contributed by atoms with E-state index in [1.807, 2.05) is 6.92 Å². The molecule has 0 saturated carbocycles. The van der Waals surface area contributed by atoms with Crippen LogP contribution in [0.2, 0.25) is 0 Å². The van der Waals surface area contributed by atoms with Gasteiger partial charge in [0.2, 0.25) is 0 Å². The molecule has 1 aromatic rings. The fraction of sp³-hybridized carbons (Fsp3) is 0.429. The zero-order valence-corrected chi connectivity index (χ0v) is 13.4. The molecule has 0 aliphatic heterocycles. The van der Waals surface area contributed by atoms with Gasteiger partial charge in [-0.05, 0) is 37.6 Å². The van der Waals surface area contributed by atoms with Crippen LogP contribution in [0.4, 0.5) is 0 Å². The zero-order valence-electron chi connectivity index (χ0n) is 10.2. The molecule has 1 rings (SSSR count). The summed E-state index contributed by atoms with van der Waals surface area (Å²) in [6, 6.07) is 6.58. The molecular weight excluding hydrogens is 342 g/mol. The normalized spacial score (nSPS) is 11.8. The quantitative estimate of drug-likeness (QED) is 0.754. The Morgan fingerprint density at radius 1 is 1.35 bits per heavy atom. The van der Waals surface area contributed by atoms with Crippen molar-refractivity contribution in [2.75, 3.05) is 6.54 Å². The summed E-state index contributed by atoms with van der Waals surface area (Å²) in [6.45, 7) is 5.07. The van der Waals surface area contributed by atoms with Gasteiger partial charge in [0.25, 0.3) is 0 Å². The molecule has 3 heteroatoms. The van der Waals surface area contributed by atoms with Crippen LogP contribution in [0, 0.1) is 11.8 Å². The minimum atomic E-state index is 0.296. The molecule has 0 radical (unpaired) electrons. The minimum Gasteiger partial charge on any atom is -0.309 e. The van der Waals surface area contributed by atoms with Crippen LogP contribution in [0.5, 0.6) is 0 Å². The summed E-state index contributed by atoms with van der Waals surface area (Å²) < 4.78 is 2.21. The van der Waals surface area contributed by atoms with E-state index in [0.29, 0.717) is 6.04 Å². The van der Waals surface area contributed by atoms with Gasteiger partial charge in [0, 0.05) is 21.4 Å². The third-order valence-electron chi connectivity index (χ3n) is 2.46. The number of hydrogen-bond acceptors (Lipinski definition) is 1. The van der Waals surface area contributed by atoms with E-state index < -0.39 is 0 Å². The molecule has 1 unspecified atom stereocenters. The summed E-state index contributed by atoms with van der Waals surface area (Å²) in [5.74, 6) is 6.11. The van der Waals surface area contributed by atoms with E-state index in [9.17, 15) is 0 Å². The fourth-order valence-electron chi connectivity index (χ4n) is 1.60. The van der Waals surface area contributed by atoms with Crippen molar-refractivity contribution in [3.63, 3.8) is 0 Å². The van der Waals surface area contributed by atoms with E-state index >= 15 is 0 Å². The lowest BCUT2D eigenvalue weighted by molar-refractivity contribution is 0.540. The Morgan fingerprint density at radius 2 is 2.12 bits per heavy atom. The number of nitrogens with one attached hydrogen (secondary N) is 1. The van der Waals surface area contributed by atoms with E-state index in [-0.39, 0.29) is 0 Å². The van der Waals surface area contributed by atoms with Crippen molar-refractivity contribution in [3.05, 3.63) is 32.7 Å². The first-order valence-electron chi connectivity index (χ1n) is 5.77. The molecule has 17 heavy (non-hydrogen) atoms. The highest BCUT2D eigenvalue weighted by molar-refractivity contribution is 9.11. The Labute approximate surface area is 121 Å². The first kappa shape index (κ1) is 14.8. The molecule has 0 fully saturated rings. The molecule has 0 bridgehead atoms. The van der Waals surface area contributed by atoms with Gasteiger partial charge in [-0.3, -0.25) is 0 Å². The highest BCUT2D eigenvalue weighted by Crippen LogP contribution is 2.28. The molecule has 0 aliphatic carbocycles. The maximum absolute atomic E-state index is 3.61. The number of benzene rings is 1. The fourth-order valence-corrected chi connectivity index (χ4v) is 2.92. The van der Waals surface area contributed by atoms with Crippen LogP contribution in [-0.4, -0.2) is 6.54 Å². The molecule has 0 amide bonds. The van der Waals surface area contributed by atoms with Crippen LogP contribution in [0.15, 0.2) is 27.1 Å². The third-order valence-corrected chi connectivity index (χ3v) is 3.64. The summed E-state index contributed by atoms with van der Waals surface area (Å²) in [7, 11) is 0. The second-order valence-corrected chi connectivity index (χ2v) is 5.57. The number of hydrogen-bond donors (Lipinski definition) is 1. The molecule has 92 valence electrons. The van der Waals surface area contributed by atoms with E-state index in [2.05, 4.69) is 74.1 Å². The highest BCUT2D eigenvalue weighted by atomic mass is 79.9. The average Bonchev–Trinajstić information content (AvgIpc) is 2.30. The van der Waals surface area contributed by atoms with Gasteiger partial charge in [0.15, 0.2) is 0 Å². The lowest BCUT2D eigenvalue weighted by atomic mass is 10.0. The van der Waals surface area contributed by atoms with Crippen LogP contribution in [0.25, 0.3) is 0 Å². The Morgan fingerprint density at radius 3 is 2.71 bits per heavy atom. The molecule has 0 heterocycles. The first-order valence-corrected chi connectivity index (χ1v) is 7.35. The second-order valence-electron chi connectivity index (χ2n) is 3.80. The Kier molecular flexibility index (Phi) is 6.87. The molecular formula is C14H17Br2N. The van der Waals surface area contributed by atoms with E-state index in [1.54, 1.807) is 0 Å². The van der Waals surface area contributed by atoms with E-state index in [1.165, 1.54) is 5.56 Å². The van der Waals surface area contributed by atoms with Gasteiger partial charge >= 0.3 is 0 Å². The molecule has 0 aliphatic rings. The average molecular weight is 359 g/mol. The van der Waals surface area contributed by atoms with Gasteiger partial charge in [-0.25, -0.2) is 0 Å². The molecule has 0 aromatic heterocycles. The van der Waals surface area contributed by atoms with Crippen LogP contribution >= 0.6 is 31.9 Å². The Hall–Kier alpha value is -0.300. The van der Waals surface area contributed by atoms with Crippen molar-refractivity contribution in [2.45, 2.75) is 32.7 Å². The van der Waals surface area contributed by atoms with Gasteiger partial charge in [0.1, 0.15) is 0 Å². The van der Waals surface area contributed by atoms with Crippen LogP contribution in [0.1, 0.15) is 38.3 Å². The predicted octanol–water partition coefficient (Wildman–Crippen LogP) is 4.67. The molecule has 1 aromatic carbocycles. The maximum atomic E-state index is 3.61. The van der Waals surface area contributed by atoms with Crippen LogP contribution in [-0.2, 0) is 0 Å². The molecule has 0 spiro atoms. The summed E-state index contributed by atoms with van der Waals surface area (Å²) in [6.07, 6.45) is 1.97. The highest BCUT2D eigenvalue weighted by Gasteiger charge is 2.12. The van der Waals surface area contributed by atoms with Gasteiger partial charge in [0.05, 0.1) is 0 Å². The predicted molar refractivity (Wildman–Crippen MR) is 80.9 cm³/mol. The summed E-state index contributed by atoms with van der Waals surface area (Å²) in [5, 5.41) is 3.53. The van der Waals surface area contributed by atoms with Gasteiger partial charge in [-0.2, -0.15) is 0 Å². The Bertz CT molecular complexity index is 418. The summed E-state index contributed by atoms with van der Waals surface area (Å²) >= 11 is 7.09. The second kappa shape index (κ2) is 7.92. The standard InChI is InChI=1S/C14H17Br2N/c1-3-5-6-14(17-9-4-2)12-8-7-11(15)10-13(12)16/h7-8,10,14,17H,4,6,9H2,1-2H3. The molecule has 1 N–H and O–H groups in total. The van der Waals surface area contributed by atoms with Crippen molar-refractivity contribution in [3.8, 4) is 11.8 Å². The summed E-state index contributed by atoms with van der Waals surface area (Å²) in [4.78, 5) is 0. The number of halogens is 2. The van der Waals surface area contributed by atoms with Crippen molar-refractivity contribution >= 4 is 31.9 Å². The zero-order chi connectivity index (χ0) is 12.7. The van der Waals surface area contributed by atoms with Gasteiger partial charge < -0.3 is 5.32 Å². The van der Waals surface area contributed by atoms with Crippen molar-refractivity contribution < 1.29 is 0 Å². The van der Waals surface area contributed by atoms with Crippen LogP contribution in [0.3, 0.4) is 0 Å². The van der Waals surface area contributed by atoms with E-state index in [4.69, 9.17) is 0 Å². The van der Waals surface area contributed by atoms with Gasteiger partial charge in [-0.1, -0.05) is 44.8 Å². The smallest absolute Gasteiger partial charge is 0.0442 e. The molecule has 0 saturated heterocycles. The molecule has 1 nitrogen and oxygen atoms in total. The third kappa shape index (κ3) is 4.83. The largest absolute Gasteiger partial charge is 0.309 e. The SMILES string of the molecule is CC#CCC(NCCC)c1ccc(Br)cc1Br. The summed E-state index contributed by atoms with van der Waals surface area (Å²) in [5.41, 5.74) is 1.27. The van der Waals surface area contributed by atoms with E-state index in [0.717, 1.165) is 28.3 Å². The monoisotopic (exact) mass is 357 g/mol. The Balaban J connectivity index is 2.89. The maximum Gasteiger partial charge on any atom is 0.0442 e. The topological polar surface area (TPSA) is 12.0 Å². The lowest BCUT2D eigenvalue weighted by Crippen LogP contribution is -2.22. The van der Waals surface area contributed by atoms with Crippen molar-refractivity contribution in [2.24, 2.45) is 0 Å².